The van der Waals surface area contributed by atoms with E-state index in [1.807, 2.05) is 6.07 Å². The second-order valence-electron chi connectivity index (χ2n) is 9.64. The SMILES string of the molecule is CC(C)(C)c1ccccc1[I+]c1ccccc1C(C)(C)C.N#Cc1ccc(S(=O)(=O)[O-])cc1. The molecule has 174 valence electrons. The minimum absolute atomic E-state index is 0.147. The van der Waals surface area contributed by atoms with Crippen LogP contribution >= 0.6 is 0 Å². The van der Waals surface area contributed by atoms with Crippen LogP contribution < -0.4 is 21.2 Å². The lowest BCUT2D eigenvalue weighted by Crippen LogP contribution is -3.62. The van der Waals surface area contributed by atoms with E-state index in [0.29, 0.717) is 5.56 Å². The Hall–Kier alpha value is -2.21. The molecule has 3 rings (SSSR count). The Morgan fingerprint density at radius 3 is 1.45 bits per heavy atom. The average Bonchev–Trinajstić information content (AvgIpc) is 2.73. The van der Waals surface area contributed by atoms with Gasteiger partial charge in [0.1, 0.15) is 10.1 Å². The van der Waals surface area contributed by atoms with Gasteiger partial charge in [-0.05, 0) is 47.2 Å². The second-order valence-corrected chi connectivity index (χ2v) is 13.9. The molecule has 0 saturated heterocycles. The van der Waals surface area contributed by atoms with E-state index in [1.54, 1.807) is 7.14 Å². The van der Waals surface area contributed by atoms with Gasteiger partial charge in [-0.15, -0.1) is 0 Å². The molecule has 0 heterocycles. The molecule has 0 bridgehead atoms. The lowest BCUT2D eigenvalue weighted by atomic mass is 9.87. The topological polar surface area (TPSA) is 81.0 Å². The van der Waals surface area contributed by atoms with E-state index in [9.17, 15) is 13.0 Å². The number of nitrogens with zero attached hydrogens (tertiary/aromatic N) is 1. The van der Waals surface area contributed by atoms with Gasteiger partial charge in [-0.25, -0.2) is 8.42 Å². The molecule has 3 aromatic rings. The van der Waals surface area contributed by atoms with Gasteiger partial charge in [0, 0.05) is 11.1 Å². The summed E-state index contributed by atoms with van der Waals surface area (Å²) in [5.74, 6) is 0. The zero-order valence-corrected chi connectivity index (χ0v) is 22.9. The molecule has 0 aromatic heterocycles. The molecule has 3 aromatic carbocycles. The quantitative estimate of drug-likeness (QED) is 0.356. The van der Waals surface area contributed by atoms with Crippen LogP contribution in [-0.4, -0.2) is 13.0 Å². The molecule has 0 fully saturated rings. The number of hydrogen-bond donors (Lipinski definition) is 0. The Kier molecular flexibility index (Phi) is 8.86. The molecule has 6 heteroatoms. The maximum Gasteiger partial charge on any atom is 0.358 e. The summed E-state index contributed by atoms with van der Waals surface area (Å²) in [6.45, 7) is 13.9. The molecule has 0 amide bonds. The number of halogens is 1. The largest absolute Gasteiger partial charge is 0.744 e. The molecule has 0 saturated carbocycles. The highest BCUT2D eigenvalue weighted by Gasteiger charge is 2.30. The molecular formula is C27H30INO3S. The Balaban J connectivity index is 0.000000273. The van der Waals surface area contributed by atoms with Gasteiger partial charge in [-0.3, -0.25) is 0 Å². The van der Waals surface area contributed by atoms with Gasteiger partial charge >= 0.3 is 21.2 Å². The fourth-order valence-electron chi connectivity index (χ4n) is 3.11. The van der Waals surface area contributed by atoms with Crippen LogP contribution in [0.1, 0.15) is 58.2 Å². The zero-order valence-electron chi connectivity index (χ0n) is 19.9. The average molecular weight is 576 g/mol. The molecule has 33 heavy (non-hydrogen) atoms. The monoisotopic (exact) mass is 575 g/mol. The molecule has 0 unspecified atom stereocenters. The van der Waals surface area contributed by atoms with Gasteiger partial charge in [-0.2, -0.15) is 5.26 Å². The van der Waals surface area contributed by atoms with Crippen LogP contribution in [0.5, 0.6) is 0 Å². The Labute approximate surface area is 208 Å². The van der Waals surface area contributed by atoms with E-state index in [-0.39, 0.29) is 36.9 Å². The predicted octanol–water partition coefficient (Wildman–Crippen LogP) is 2.87. The lowest BCUT2D eigenvalue weighted by Gasteiger charge is -2.20. The van der Waals surface area contributed by atoms with Gasteiger partial charge in [0.15, 0.2) is 7.14 Å². The number of hydrogen-bond acceptors (Lipinski definition) is 4. The predicted molar refractivity (Wildman–Crippen MR) is 127 cm³/mol. The van der Waals surface area contributed by atoms with Crippen molar-refractivity contribution in [1.29, 1.82) is 5.26 Å². The summed E-state index contributed by atoms with van der Waals surface area (Å²) in [4.78, 5) is -0.318. The van der Waals surface area contributed by atoms with E-state index in [2.05, 4.69) is 90.1 Å². The third-order valence-corrected chi connectivity index (χ3v) is 8.73. The smallest absolute Gasteiger partial charge is 0.358 e. The molecule has 0 radical (unpaired) electrons. The van der Waals surface area contributed by atoms with E-state index in [4.69, 9.17) is 5.26 Å². The molecule has 4 nitrogen and oxygen atoms in total. The molecule has 0 N–H and O–H groups in total. The van der Waals surface area contributed by atoms with Gasteiger partial charge in [-0.1, -0.05) is 77.9 Å². The first-order valence-electron chi connectivity index (χ1n) is 10.5. The van der Waals surface area contributed by atoms with Crippen LogP contribution in [0.15, 0.2) is 77.7 Å². The normalized spacial score (nSPS) is 11.8. The summed E-state index contributed by atoms with van der Waals surface area (Å²) >= 11 is -0.147. The Morgan fingerprint density at radius 1 is 0.727 bits per heavy atom. The van der Waals surface area contributed by atoms with Gasteiger partial charge in [0.2, 0.25) is 0 Å². The van der Waals surface area contributed by atoms with E-state index < -0.39 is 10.1 Å². The molecule has 0 aliphatic carbocycles. The van der Waals surface area contributed by atoms with Crippen molar-refractivity contribution >= 4 is 10.1 Å². The maximum atomic E-state index is 10.4. The van der Waals surface area contributed by atoms with E-state index in [1.165, 1.54) is 23.3 Å². The molecule has 0 aliphatic heterocycles. The van der Waals surface area contributed by atoms with Crippen LogP contribution in [-0.2, 0) is 20.9 Å². The summed E-state index contributed by atoms with van der Waals surface area (Å²) in [6, 6.07) is 24.6. The number of nitriles is 1. The summed E-state index contributed by atoms with van der Waals surface area (Å²) in [6.07, 6.45) is 0. The van der Waals surface area contributed by atoms with Crippen molar-refractivity contribution in [2.75, 3.05) is 0 Å². The summed E-state index contributed by atoms with van der Waals surface area (Å²) in [7, 11) is -4.39. The van der Waals surface area contributed by atoms with E-state index >= 15 is 0 Å². The maximum absolute atomic E-state index is 10.4. The Bertz CT molecular complexity index is 1170. The molecule has 0 atom stereocenters. The van der Waals surface area contributed by atoms with Gasteiger partial charge in [0.05, 0.1) is 16.5 Å². The van der Waals surface area contributed by atoms with Crippen molar-refractivity contribution in [1.82, 2.24) is 0 Å². The van der Waals surface area contributed by atoms with Crippen LogP contribution in [0.25, 0.3) is 0 Å². The highest BCUT2D eigenvalue weighted by Crippen LogP contribution is 2.23. The van der Waals surface area contributed by atoms with Crippen molar-refractivity contribution in [3.63, 3.8) is 0 Å². The minimum Gasteiger partial charge on any atom is -0.744 e. The Morgan fingerprint density at radius 2 is 1.12 bits per heavy atom. The first-order chi connectivity index (χ1) is 15.2. The first kappa shape index (κ1) is 27.0. The van der Waals surface area contributed by atoms with Crippen molar-refractivity contribution in [3.05, 3.63) is 96.6 Å². The third-order valence-electron chi connectivity index (χ3n) is 4.84. The van der Waals surface area contributed by atoms with Crippen LogP contribution in [0.3, 0.4) is 0 Å². The molecule has 0 spiro atoms. The van der Waals surface area contributed by atoms with Crippen molar-refractivity contribution < 1.29 is 34.2 Å². The minimum atomic E-state index is -4.39. The molecule has 0 aliphatic rings. The van der Waals surface area contributed by atoms with Crippen LogP contribution in [0, 0.1) is 18.5 Å². The highest BCUT2D eigenvalue weighted by molar-refractivity contribution is 7.85. The van der Waals surface area contributed by atoms with Crippen LogP contribution in [0.2, 0.25) is 0 Å². The van der Waals surface area contributed by atoms with Crippen molar-refractivity contribution in [3.8, 4) is 6.07 Å². The summed E-state index contributed by atoms with van der Waals surface area (Å²) < 4.78 is 34.3. The summed E-state index contributed by atoms with van der Waals surface area (Å²) in [5, 5.41) is 8.35. The number of rotatable bonds is 3. The highest BCUT2D eigenvalue weighted by atomic mass is 127. The van der Waals surface area contributed by atoms with Crippen molar-refractivity contribution in [2.24, 2.45) is 0 Å². The van der Waals surface area contributed by atoms with Gasteiger partial charge in [0.25, 0.3) is 0 Å². The first-order valence-corrected chi connectivity index (χ1v) is 14.1. The van der Waals surface area contributed by atoms with Crippen LogP contribution in [0.4, 0.5) is 0 Å². The van der Waals surface area contributed by atoms with E-state index in [0.717, 1.165) is 12.1 Å². The zero-order chi connectivity index (χ0) is 24.9. The van der Waals surface area contributed by atoms with Crippen molar-refractivity contribution in [2.45, 2.75) is 57.3 Å². The fraction of sp³-hybridized carbons (Fsp3) is 0.296. The summed E-state index contributed by atoms with van der Waals surface area (Å²) in [5.41, 5.74) is 3.76. The second kappa shape index (κ2) is 10.8. The van der Waals surface area contributed by atoms with Gasteiger partial charge < -0.3 is 4.55 Å². The molecular weight excluding hydrogens is 545 g/mol. The standard InChI is InChI=1S/C20H26I.C7H5NO3S/c1-19(2,3)15-11-7-9-13-17(15)21-18-14-10-8-12-16(18)20(4,5)6;8-5-6-1-3-7(4-2-6)12(9,10)11/h7-14H,1-6H3;1-4H,(H,9,10,11)/q+1;/p-1. The lowest BCUT2D eigenvalue weighted by molar-refractivity contribution is -0.599. The number of benzene rings is 3. The third kappa shape index (κ3) is 7.95. The fourth-order valence-corrected chi connectivity index (χ4v) is 7.54.